The van der Waals surface area contributed by atoms with Gasteiger partial charge in [0.15, 0.2) is 0 Å². The van der Waals surface area contributed by atoms with Crippen molar-refractivity contribution in [3.63, 3.8) is 0 Å². The number of carbonyl (C=O) groups excluding carboxylic acids is 1. The third-order valence-electron chi connectivity index (χ3n) is 5.51. The van der Waals surface area contributed by atoms with Crippen LogP contribution >= 0.6 is 12.4 Å². The van der Waals surface area contributed by atoms with Gasteiger partial charge in [-0.2, -0.15) is 0 Å². The highest BCUT2D eigenvalue weighted by molar-refractivity contribution is 5.85. The van der Waals surface area contributed by atoms with Crippen LogP contribution in [-0.4, -0.2) is 50.6 Å². The van der Waals surface area contributed by atoms with E-state index in [0.717, 1.165) is 44.8 Å². The molecule has 1 atom stereocenters. The molecule has 26 heavy (non-hydrogen) atoms. The zero-order valence-corrected chi connectivity index (χ0v) is 16.5. The first kappa shape index (κ1) is 21.0. The van der Waals surface area contributed by atoms with Crippen molar-refractivity contribution in [3.05, 3.63) is 29.8 Å². The van der Waals surface area contributed by atoms with Crippen molar-refractivity contribution in [2.24, 2.45) is 5.92 Å². The Morgan fingerprint density at radius 2 is 1.85 bits per heavy atom. The Bertz CT molecular complexity index is 540. The van der Waals surface area contributed by atoms with Crippen LogP contribution in [-0.2, 0) is 4.79 Å². The van der Waals surface area contributed by atoms with Crippen LogP contribution in [0.4, 0.5) is 0 Å². The molecule has 2 fully saturated rings. The van der Waals surface area contributed by atoms with Crippen molar-refractivity contribution in [2.75, 3.05) is 39.8 Å². The molecule has 2 aliphatic heterocycles. The highest BCUT2D eigenvalue weighted by Gasteiger charge is 2.25. The molecule has 2 aliphatic rings. The summed E-state index contributed by atoms with van der Waals surface area (Å²) in [6, 6.07) is 8.54. The highest BCUT2D eigenvalue weighted by Crippen LogP contribution is 2.26. The zero-order chi connectivity index (χ0) is 17.5. The summed E-state index contributed by atoms with van der Waals surface area (Å²) in [4.78, 5) is 15.1. The van der Waals surface area contributed by atoms with Crippen molar-refractivity contribution in [1.29, 1.82) is 0 Å². The smallest absolute Gasteiger partial charge is 0.223 e. The molecule has 0 aliphatic carbocycles. The molecule has 0 aromatic heterocycles. The molecule has 1 aromatic rings. The summed E-state index contributed by atoms with van der Waals surface area (Å²) in [7, 11) is 1.69. The fourth-order valence-electron chi connectivity index (χ4n) is 3.94. The lowest BCUT2D eigenvalue weighted by Crippen LogP contribution is -2.43. The molecule has 1 unspecified atom stereocenters. The topological polar surface area (TPSA) is 53.6 Å². The lowest BCUT2D eigenvalue weighted by molar-refractivity contribution is -0.126. The maximum Gasteiger partial charge on any atom is 0.223 e. The van der Waals surface area contributed by atoms with Gasteiger partial charge >= 0.3 is 0 Å². The summed E-state index contributed by atoms with van der Waals surface area (Å²) in [5.74, 6) is 1.26. The van der Waals surface area contributed by atoms with Crippen LogP contribution < -0.4 is 15.4 Å². The number of hydrogen-bond donors (Lipinski definition) is 2. The van der Waals surface area contributed by atoms with Crippen LogP contribution in [0.2, 0.25) is 0 Å². The van der Waals surface area contributed by atoms with Gasteiger partial charge in [0.25, 0.3) is 0 Å². The van der Waals surface area contributed by atoms with E-state index < -0.39 is 0 Å². The molecule has 1 amide bonds. The number of hydrogen-bond acceptors (Lipinski definition) is 4. The molecule has 5 nitrogen and oxygen atoms in total. The van der Waals surface area contributed by atoms with E-state index in [1.165, 1.54) is 24.8 Å². The summed E-state index contributed by atoms with van der Waals surface area (Å²) >= 11 is 0. The molecule has 0 saturated carbocycles. The van der Waals surface area contributed by atoms with Crippen molar-refractivity contribution in [2.45, 2.75) is 38.1 Å². The van der Waals surface area contributed by atoms with Gasteiger partial charge in [-0.15, -0.1) is 12.4 Å². The maximum absolute atomic E-state index is 12.5. The number of halogens is 1. The van der Waals surface area contributed by atoms with Gasteiger partial charge in [-0.1, -0.05) is 18.6 Å². The fraction of sp³-hybridized carbons (Fsp3) is 0.650. The van der Waals surface area contributed by atoms with Crippen molar-refractivity contribution < 1.29 is 9.53 Å². The van der Waals surface area contributed by atoms with Gasteiger partial charge in [0.1, 0.15) is 5.75 Å². The minimum atomic E-state index is 0. The normalized spacial score (nSPS) is 20.0. The molecule has 2 saturated heterocycles. The number of nitrogens with one attached hydrogen (secondary N) is 2. The average molecular weight is 382 g/mol. The Kier molecular flexibility index (Phi) is 8.69. The van der Waals surface area contributed by atoms with Crippen molar-refractivity contribution in [3.8, 4) is 5.75 Å². The number of carbonyl (C=O) groups is 1. The van der Waals surface area contributed by atoms with Crippen molar-refractivity contribution in [1.82, 2.24) is 15.5 Å². The zero-order valence-electron chi connectivity index (χ0n) is 15.7. The first-order valence-electron chi connectivity index (χ1n) is 9.64. The molecule has 0 radical (unpaired) electrons. The molecular formula is C20H32ClN3O2. The predicted octanol–water partition coefficient (Wildman–Crippen LogP) is 2.76. The Balaban J connectivity index is 0.00000243. The van der Waals surface area contributed by atoms with E-state index in [2.05, 4.69) is 27.7 Å². The van der Waals surface area contributed by atoms with Crippen LogP contribution in [0.15, 0.2) is 24.3 Å². The van der Waals surface area contributed by atoms with E-state index in [0.29, 0.717) is 6.54 Å². The van der Waals surface area contributed by atoms with Gasteiger partial charge in [0, 0.05) is 12.5 Å². The monoisotopic (exact) mass is 381 g/mol. The minimum Gasteiger partial charge on any atom is -0.497 e. The molecule has 0 bridgehead atoms. The molecule has 1 aromatic carbocycles. The number of piperidine rings is 2. The number of amides is 1. The van der Waals surface area contributed by atoms with E-state index >= 15 is 0 Å². The lowest BCUT2D eigenvalue weighted by Gasteiger charge is -2.35. The largest absolute Gasteiger partial charge is 0.497 e. The first-order valence-corrected chi connectivity index (χ1v) is 9.64. The van der Waals surface area contributed by atoms with Gasteiger partial charge in [-0.3, -0.25) is 9.69 Å². The number of methoxy groups -OCH3 is 1. The minimum absolute atomic E-state index is 0. The third-order valence-corrected chi connectivity index (χ3v) is 5.51. The number of nitrogens with zero attached hydrogens (tertiary/aromatic N) is 1. The van der Waals surface area contributed by atoms with Gasteiger partial charge in [0.2, 0.25) is 5.91 Å². The molecule has 2 heterocycles. The Labute approximate surface area is 163 Å². The summed E-state index contributed by atoms with van der Waals surface area (Å²) < 4.78 is 5.28. The van der Waals surface area contributed by atoms with Crippen LogP contribution in [0, 0.1) is 5.92 Å². The second kappa shape index (κ2) is 10.8. The average Bonchev–Trinajstić information content (AvgIpc) is 2.70. The predicted molar refractivity (Wildman–Crippen MR) is 107 cm³/mol. The van der Waals surface area contributed by atoms with Gasteiger partial charge in [-0.25, -0.2) is 0 Å². The van der Waals surface area contributed by atoms with Gasteiger partial charge in [0.05, 0.1) is 13.2 Å². The maximum atomic E-state index is 12.5. The van der Waals surface area contributed by atoms with E-state index in [-0.39, 0.29) is 30.3 Å². The molecule has 6 heteroatoms. The Hall–Kier alpha value is -1.30. The molecule has 146 valence electrons. The number of benzene rings is 1. The molecule has 3 rings (SSSR count). The second-order valence-corrected chi connectivity index (χ2v) is 7.16. The second-order valence-electron chi connectivity index (χ2n) is 7.16. The Morgan fingerprint density at radius 1 is 1.19 bits per heavy atom. The third kappa shape index (κ3) is 5.60. The van der Waals surface area contributed by atoms with E-state index in [4.69, 9.17) is 4.74 Å². The van der Waals surface area contributed by atoms with Gasteiger partial charge < -0.3 is 15.4 Å². The number of ether oxygens (including phenoxy) is 1. The van der Waals surface area contributed by atoms with E-state index in [1.807, 2.05) is 12.1 Å². The molecule has 2 N–H and O–H groups in total. The summed E-state index contributed by atoms with van der Waals surface area (Å²) in [5.41, 5.74) is 1.26. The van der Waals surface area contributed by atoms with Crippen LogP contribution in [0.3, 0.4) is 0 Å². The highest BCUT2D eigenvalue weighted by atomic mass is 35.5. The van der Waals surface area contributed by atoms with Gasteiger partial charge in [-0.05, 0) is 69.6 Å². The summed E-state index contributed by atoms with van der Waals surface area (Å²) in [5, 5.41) is 6.56. The first-order chi connectivity index (χ1) is 12.3. The van der Waals surface area contributed by atoms with E-state index in [1.54, 1.807) is 7.11 Å². The fourth-order valence-corrected chi connectivity index (χ4v) is 3.94. The Morgan fingerprint density at radius 3 is 2.46 bits per heavy atom. The van der Waals surface area contributed by atoms with Crippen LogP contribution in [0.25, 0.3) is 0 Å². The summed E-state index contributed by atoms with van der Waals surface area (Å²) in [6.07, 6.45) is 5.70. The summed E-state index contributed by atoms with van der Waals surface area (Å²) in [6.45, 7) is 4.81. The number of likely N-dealkylation sites (tertiary alicyclic amines) is 1. The lowest BCUT2D eigenvalue weighted by atomic mass is 9.96. The molecule has 0 spiro atoms. The van der Waals surface area contributed by atoms with Crippen molar-refractivity contribution >= 4 is 18.3 Å². The molecular weight excluding hydrogens is 350 g/mol. The van der Waals surface area contributed by atoms with E-state index in [9.17, 15) is 4.79 Å². The standard InChI is InChI=1S/C20H31N3O2.ClH/c1-25-18-7-5-16(6-8-18)19(23-13-3-2-4-14-23)15-22-20(24)17-9-11-21-12-10-17;/h5-8,17,19,21H,2-4,9-15H2,1H3,(H,22,24);1H. The SMILES string of the molecule is COc1ccc(C(CNC(=O)C2CCNCC2)N2CCCCC2)cc1.Cl. The van der Waals surface area contributed by atoms with Crippen LogP contribution in [0.1, 0.15) is 43.7 Å². The van der Waals surface area contributed by atoms with Crippen LogP contribution in [0.5, 0.6) is 5.75 Å². The number of rotatable bonds is 6. The quantitative estimate of drug-likeness (QED) is 0.795.